The third-order valence-electron chi connectivity index (χ3n) is 5.60. The van der Waals surface area contributed by atoms with Crippen LogP contribution in [0.5, 0.6) is 17.2 Å². The molecule has 0 aromatic heterocycles. The Bertz CT molecular complexity index is 1040. The van der Waals surface area contributed by atoms with E-state index in [1.807, 2.05) is 0 Å². The number of amides is 1. The fourth-order valence-corrected chi connectivity index (χ4v) is 5.30. The normalized spacial score (nSPS) is 15.7. The van der Waals surface area contributed by atoms with Crippen molar-refractivity contribution in [3.8, 4) is 17.2 Å². The monoisotopic (exact) mass is 492 g/mol. The van der Waals surface area contributed by atoms with E-state index < -0.39 is 22.0 Å². The molecule has 0 saturated carbocycles. The number of aliphatic hydroxyl groups is 1. The first-order valence-electron chi connectivity index (χ1n) is 11.3. The van der Waals surface area contributed by atoms with Crippen molar-refractivity contribution < 1.29 is 32.5 Å². The second-order valence-corrected chi connectivity index (χ2v) is 9.95. The van der Waals surface area contributed by atoms with Crippen molar-refractivity contribution in [1.29, 1.82) is 0 Å². The third kappa shape index (κ3) is 6.40. The van der Waals surface area contributed by atoms with Crippen LogP contribution in [0.3, 0.4) is 0 Å². The maximum atomic E-state index is 13.0. The van der Waals surface area contributed by atoms with Crippen LogP contribution in [-0.4, -0.2) is 70.3 Å². The van der Waals surface area contributed by atoms with Crippen LogP contribution in [0.1, 0.15) is 36.0 Å². The molecule has 1 unspecified atom stereocenters. The van der Waals surface area contributed by atoms with Crippen molar-refractivity contribution in [1.82, 2.24) is 9.62 Å². The number of nitrogens with one attached hydrogen (secondary N) is 1. The van der Waals surface area contributed by atoms with Gasteiger partial charge in [-0.15, -0.1) is 0 Å². The van der Waals surface area contributed by atoms with E-state index in [9.17, 15) is 18.3 Å². The molecule has 1 saturated heterocycles. The van der Waals surface area contributed by atoms with Gasteiger partial charge >= 0.3 is 0 Å². The van der Waals surface area contributed by atoms with E-state index in [0.29, 0.717) is 30.3 Å². The highest BCUT2D eigenvalue weighted by Gasteiger charge is 2.26. The van der Waals surface area contributed by atoms with Crippen LogP contribution in [0.15, 0.2) is 47.4 Å². The van der Waals surface area contributed by atoms with Gasteiger partial charge in [0.2, 0.25) is 15.8 Å². The van der Waals surface area contributed by atoms with Gasteiger partial charge in [-0.1, -0.05) is 25.0 Å². The fourth-order valence-electron chi connectivity index (χ4n) is 3.74. The Morgan fingerprint density at radius 2 is 1.65 bits per heavy atom. The molecule has 3 rings (SSSR count). The van der Waals surface area contributed by atoms with E-state index in [-0.39, 0.29) is 23.6 Å². The highest BCUT2D eigenvalue weighted by atomic mass is 32.2. The number of para-hydroxylation sites is 1. The Morgan fingerprint density at radius 3 is 2.26 bits per heavy atom. The Labute approximate surface area is 200 Å². The predicted octanol–water partition coefficient (Wildman–Crippen LogP) is 2.44. The first-order chi connectivity index (χ1) is 16.4. The molecular weight excluding hydrogens is 460 g/mol. The summed E-state index contributed by atoms with van der Waals surface area (Å²) in [4.78, 5) is 12.7. The van der Waals surface area contributed by atoms with E-state index in [4.69, 9.17) is 14.2 Å². The number of carbonyl (C=O) groups excluding carboxylic acids is 1. The summed E-state index contributed by atoms with van der Waals surface area (Å²) in [5, 5.41) is 12.9. The van der Waals surface area contributed by atoms with Crippen LogP contribution in [0.4, 0.5) is 0 Å². The number of sulfonamides is 1. The number of aliphatic hydroxyl groups excluding tert-OH is 1. The van der Waals surface area contributed by atoms with Crippen molar-refractivity contribution in [2.24, 2.45) is 0 Å². The van der Waals surface area contributed by atoms with Crippen molar-refractivity contribution in [3.63, 3.8) is 0 Å². The topological polar surface area (TPSA) is 114 Å². The van der Waals surface area contributed by atoms with Crippen LogP contribution < -0.4 is 19.5 Å². The molecule has 1 heterocycles. The number of nitrogens with zero attached hydrogens (tertiary/aromatic N) is 1. The van der Waals surface area contributed by atoms with Crippen molar-refractivity contribution in [2.75, 3.05) is 40.5 Å². The first-order valence-corrected chi connectivity index (χ1v) is 12.7. The summed E-state index contributed by atoms with van der Waals surface area (Å²) < 4.78 is 43.7. The number of hydrogen-bond donors (Lipinski definition) is 2. The highest BCUT2D eigenvalue weighted by Crippen LogP contribution is 2.36. The van der Waals surface area contributed by atoms with Crippen LogP contribution >= 0.6 is 0 Å². The lowest BCUT2D eigenvalue weighted by molar-refractivity contribution is 0.0833. The molecule has 1 fully saturated rings. The van der Waals surface area contributed by atoms with Gasteiger partial charge in [0.05, 0.1) is 19.1 Å². The van der Waals surface area contributed by atoms with Crippen LogP contribution in [0, 0.1) is 0 Å². The van der Waals surface area contributed by atoms with E-state index in [0.717, 1.165) is 25.7 Å². The van der Waals surface area contributed by atoms with Crippen molar-refractivity contribution >= 4 is 15.9 Å². The lowest BCUT2D eigenvalue weighted by atomic mass is 10.2. The minimum Gasteiger partial charge on any atom is -0.493 e. The van der Waals surface area contributed by atoms with Gasteiger partial charge in [-0.2, -0.15) is 4.31 Å². The highest BCUT2D eigenvalue weighted by molar-refractivity contribution is 7.89. The molecule has 186 valence electrons. The molecule has 0 spiro atoms. The Morgan fingerprint density at radius 1 is 1.03 bits per heavy atom. The summed E-state index contributed by atoms with van der Waals surface area (Å²) in [6.07, 6.45) is 2.69. The number of rotatable bonds is 10. The van der Waals surface area contributed by atoms with Crippen LogP contribution in [0.25, 0.3) is 0 Å². The summed E-state index contributed by atoms with van der Waals surface area (Å²) in [6.45, 7) is 0.781. The summed E-state index contributed by atoms with van der Waals surface area (Å²) >= 11 is 0. The molecule has 2 aromatic rings. The maximum Gasteiger partial charge on any atom is 0.251 e. The standard InChI is InChI=1S/C24H32N2O7S/c1-31-21-11-8-12-22(32-2)23(21)33-17-19(27)16-25-24(28)18-9-7-10-20(15-18)34(29,30)26-13-5-3-4-6-14-26/h7-12,15,19,27H,3-6,13-14,16-17H2,1-2H3,(H,25,28). The van der Waals surface area contributed by atoms with Gasteiger partial charge in [0.25, 0.3) is 5.91 Å². The molecule has 2 N–H and O–H groups in total. The molecule has 1 aliphatic rings. The van der Waals surface area contributed by atoms with Gasteiger partial charge < -0.3 is 24.6 Å². The van der Waals surface area contributed by atoms with Gasteiger partial charge in [0.15, 0.2) is 11.5 Å². The number of benzene rings is 2. The molecule has 1 amide bonds. The predicted molar refractivity (Wildman–Crippen MR) is 127 cm³/mol. The van der Waals surface area contributed by atoms with E-state index in [1.54, 1.807) is 30.3 Å². The third-order valence-corrected chi connectivity index (χ3v) is 7.49. The lowest BCUT2D eigenvalue weighted by Crippen LogP contribution is -2.35. The largest absolute Gasteiger partial charge is 0.493 e. The number of ether oxygens (including phenoxy) is 3. The summed E-state index contributed by atoms with van der Waals surface area (Å²) in [5.41, 5.74) is 0.204. The Kier molecular flexibility index (Phi) is 9.14. The molecule has 34 heavy (non-hydrogen) atoms. The maximum absolute atomic E-state index is 13.0. The average Bonchev–Trinajstić information content (AvgIpc) is 3.16. The van der Waals surface area contributed by atoms with Gasteiger partial charge in [0, 0.05) is 25.2 Å². The second-order valence-electron chi connectivity index (χ2n) is 8.01. The van der Waals surface area contributed by atoms with Crippen molar-refractivity contribution in [3.05, 3.63) is 48.0 Å². The molecule has 0 bridgehead atoms. The van der Waals surface area contributed by atoms with Crippen LogP contribution in [-0.2, 0) is 10.0 Å². The minimum absolute atomic E-state index is 0.0839. The number of methoxy groups -OCH3 is 2. The smallest absolute Gasteiger partial charge is 0.251 e. The van der Waals surface area contributed by atoms with Crippen molar-refractivity contribution in [2.45, 2.75) is 36.7 Å². The molecule has 1 aliphatic heterocycles. The molecule has 0 aliphatic carbocycles. The molecule has 10 heteroatoms. The van der Waals surface area contributed by atoms with Gasteiger partial charge in [-0.25, -0.2) is 8.42 Å². The quantitative estimate of drug-likeness (QED) is 0.524. The lowest BCUT2D eigenvalue weighted by Gasteiger charge is -2.20. The molecule has 2 aromatic carbocycles. The van der Waals surface area contributed by atoms with Gasteiger partial charge in [-0.3, -0.25) is 4.79 Å². The minimum atomic E-state index is -3.66. The molecule has 0 radical (unpaired) electrons. The molecule has 1 atom stereocenters. The zero-order chi connectivity index (χ0) is 24.6. The fraction of sp³-hybridized carbons (Fsp3) is 0.458. The molecular formula is C24H32N2O7S. The zero-order valence-electron chi connectivity index (χ0n) is 19.5. The summed E-state index contributed by atoms with van der Waals surface area (Å²) in [7, 11) is -0.666. The van der Waals surface area contributed by atoms with Gasteiger partial charge in [-0.05, 0) is 43.2 Å². The van der Waals surface area contributed by atoms with E-state index in [2.05, 4.69) is 5.32 Å². The summed E-state index contributed by atoms with van der Waals surface area (Å²) in [6, 6.07) is 11.1. The van der Waals surface area contributed by atoms with E-state index >= 15 is 0 Å². The Balaban J connectivity index is 1.59. The Hall–Kier alpha value is -2.82. The zero-order valence-corrected chi connectivity index (χ0v) is 20.3. The van der Waals surface area contributed by atoms with Gasteiger partial charge in [0.1, 0.15) is 12.7 Å². The number of carbonyl (C=O) groups is 1. The molecule has 9 nitrogen and oxygen atoms in total. The average molecular weight is 493 g/mol. The first kappa shape index (κ1) is 25.8. The summed E-state index contributed by atoms with van der Waals surface area (Å²) in [5.74, 6) is 0.780. The second kappa shape index (κ2) is 12.0. The van der Waals surface area contributed by atoms with E-state index in [1.165, 1.54) is 30.7 Å². The SMILES string of the molecule is COc1cccc(OC)c1OCC(O)CNC(=O)c1cccc(S(=O)(=O)N2CCCCCC2)c1. The number of hydrogen-bond acceptors (Lipinski definition) is 7. The van der Waals surface area contributed by atoms with Crippen LogP contribution in [0.2, 0.25) is 0 Å².